The van der Waals surface area contributed by atoms with Crippen molar-refractivity contribution in [2.24, 2.45) is 10.2 Å². The molecule has 0 radical (unpaired) electrons. The second kappa shape index (κ2) is 12.4. The van der Waals surface area contributed by atoms with Crippen LogP contribution in [0.5, 0.6) is 0 Å². The van der Waals surface area contributed by atoms with Crippen molar-refractivity contribution in [2.45, 2.75) is 13.0 Å². The number of hydrogen-bond acceptors (Lipinski definition) is 6. The Morgan fingerprint density at radius 3 is 2.54 bits per heavy atom. The van der Waals surface area contributed by atoms with Gasteiger partial charge < -0.3 is 14.5 Å². The number of amides is 2. The summed E-state index contributed by atoms with van der Waals surface area (Å²) in [5.74, 6) is -1.03. The zero-order valence-corrected chi connectivity index (χ0v) is 20.1. The van der Waals surface area contributed by atoms with E-state index < -0.39 is 24.8 Å². The van der Waals surface area contributed by atoms with Gasteiger partial charge in [-0.1, -0.05) is 24.3 Å². The van der Waals surface area contributed by atoms with Gasteiger partial charge in [-0.05, 0) is 35.9 Å². The Kier molecular flexibility index (Phi) is 9.09. The van der Waals surface area contributed by atoms with E-state index in [-0.39, 0.29) is 18.0 Å². The Bertz CT molecular complexity index is 1300. The summed E-state index contributed by atoms with van der Waals surface area (Å²) in [5, 5.41) is 6.93. The van der Waals surface area contributed by atoms with Gasteiger partial charge in [-0.2, -0.15) is 5.10 Å². The summed E-state index contributed by atoms with van der Waals surface area (Å²) < 4.78 is 44.3. The number of halogens is 3. The van der Waals surface area contributed by atoms with Crippen LogP contribution in [0.25, 0.3) is 11.1 Å². The Labute approximate surface area is 211 Å². The SMILES string of the molecule is C=N/N=C(\OCC(F)F)c1ccc(CN(C)C(=O)c2cc(-c3ccccc3F)ccc2N(C)C=O)nc1. The molecule has 0 atom stereocenters. The molecule has 37 heavy (non-hydrogen) atoms. The number of ether oxygens (including phenoxy) is 1. The fourth-order valence-corrected chi connectivity index (χ4v) is 3.48. The zero-order valence-electron chi connectivity index (χ0n) is 20.1. The zero-order chi connectivity index (χ0) is 26.9. The van der Waals surface area contributed by atoms with E-state index in [9.17, 15) is 22.8 Å². The minimum atomic E-state index is -2.69. The van der Waals surface area contributed by atoms with Crippen molar-refractivity contribution in [1.29, 1.82) is 0 Å². The molecule has 3 aromatic rings. The normalized spacial score (nSPS) is 11.2. The first-order chi connectivity index (χ1) is 17.7. The molecule has 0 aliphatic heterocycles. The third kappa shape index (κ3) is 6.78. The predicted molar refractivity (Wildman–Crippen MR) is 134 cm³/mol. The van der Waals surface area contributed by atoms with E-state index >= 15 is 0 Å². The number of benzene rings is 2. The first kappa shape index (κ1) is 27.1. The molecule has 0 fully saturated rings. The van der Waals surface area contributed by atoms with Gasteiger partial charge in [0.15, 0.2) is 6.61 Å². The highest BCUT2D eigenvalue weighted by atomic mass is 19.3. The number of alkyl halides is 2. The topological polar surface area (TPSA) is 87.5 Å². The summed E-state index contributed by atoms with van der Waals surface area (Å²) in [6, 6.07) is 14.1. The lowest BCUT2D eigenvalue weighted by molar-refractivity contribution is -0.107. The van der Waals surface area contributed by atoms with E-state index in [2.05, 4.69) is 21.9 Å². The molecule has 1 heterocycles. The largest absolute Gasteiger partial charge is 0.470 e. The number of anilines is 1. The molecule has 0 N–H and O–H groups in total. The van der Waals surface area contributed by atoms with Gasteiger partial charge in [-0.3, -0.25) is 14.6 Å². The molecule has 0 saturated heterocycles. The molecule has 3 rings (SSSR count). The number of rotatable bonds is 10. The third-order valence-corrected chi connectivity index (χ3v) is 5.28. The van der Waals surface area contributed by atoms with E-state index in [4.69, 9.17) is 4.74 Å². The number of aromatic nitrogens is 1. The lowest BCUT2D eigenvalue weighted by Crippen LogP contribution is -2.29. The first-order valence-corrected chi connectivity index (χ1v) is 11.0. The highest BCUT2D eigenvalue weighted by Crippen LogP contribution is 2.29. The van der Waals surface area contributed by atoms with Crippen molar-refractivity contribution < 1.29 is 27.5 Å². The lowest BCUT2D eigenvalue weighted by atomic mass is 10.00. The van der Waals surface area contributed by atoms with Crippen molar-refractivity contribution >= 4 is 30.6 Å². The van der Waals surface area contributed by atoms with E-state index in [1.165, 1.54) is 35.2 Å². The van der Waals surface area contributed by atoms with Crippen LogP contribution in [0.4, 0.5) is 18.9 Å². The average Bonchev–Trinajstić information content (AvgIpc) is 2.90. The highest BCUT2D eigenvalue weighted by Gasteiger charge is 2.21. The van der Waals surface area contributed by atoms with Crippen LogP contribution in [-0.2, 0) is 16.1 Å². The van der Waals surface area contributed by atoms with Crippen molar-refractivity contribution in [1.82, 2.24) is 9.88 Å². The lowest BCUT2D eigenvalue weighted by Gasteiger charge is -2.22. The van der Waals surface area contributed by atoms with Crippen molar-refractivity contribution in [3.63, 3.8) is 0 Å². The molecule has 1 aromatic heterocycles. The number of carbonyl (C=O) groups excluding carboxylic acids is 2. The van der Waals surface area contributed by atoms with E-state index in [0.717, 1.165) is 0 Å². The minimum absolute atomic E-state index is 0.0807. The van der Waals surface area contributed by atoms with E-state index in [0.29, 0.717) is 34.5 Å². The Hall–Kier alpha value is -4.54. The van der Waals surface area contributed by atoms with Crippen LogP contribution in [0.15, 0.2) is 71.0 Å². The second-order valence-corrected chi connectivity index (χ2v) is 7.88. The summed E-state index contributed by atoms with van der Waals surface area (Å²) in [7, 11) is 3.06. The van der Waals surface area contributed by atoms with E-state index in [1.807, 2.05) is 0 Å². The minimum Gasteiger partial charge on any atom is -0.470 e. The van der Waals surface area contributed by atoms with Gasteiger partial charge in [0.2, 0.25) is 12.3 Å². The van der Waals surface area contributed by atoms with Crippen molar-refractivity contribution in [2.75, 3.05) is 25.6 Å². The van der Waals surface area contributed by atoms with Gasteiger partial charge in [0.05, 0.1) is 29.1 Å². The molecule has 0 saturated carbocycles. The van der Waals surface area contributed by atoms with Crippen molar-refractivity contribution in [3.8, 4) is 11.1 Å². The highest BCUT2D eigenvalue weighted by molar-refractivity contribution is 6.02. The number of nitrogens with zero attached hydrogens (tertiary/aromatic N) is 5. The van der Waals surface area contributed by atoms with Crippen LogP contribution in [0.3, 0.4) is 0 Å². The Morgan fingerprint density at radius 2 is 1.92 bits per heavy atom. The van der Waals surface area contributed by atoms with Crippen LogP contribution in [0, 0.1) is 5.82 Å². The van der Waals surface area contributed by atoms with Gasteiger partial charge in [-0.15, -0.1) is 5.10 Å². The monoisotopic (exact) mass is 511 g/mol. The summed E-state index contributed by atoms with van der Waals surface area (Å²) in [6.45, 7) is 2.41. The maximum Gasteiger partial charge on any atom is 0.272 e. The summed E-state index contributed by atoms with van der Waals surface area (Å²) >= 11 is 0. The maximum absolute atomic E-state index is 14.4. The average molecular weight is 512 g/mol. The molecule has 11 heteroatoms. The van der Waals surface area contributed by atoms with Gasteiger partial charge in [0.25, 0.3) is 12.3 Å². The smallest absolute Gasteiger partial charge is 0.272 e. The molecular weight excluding hydrogens is 487 g/mol. The second-order valence-electron chi connectivity index (χ2n) is 7.88. The first-order valence-electron chi connectivity index (χ1n) is 11.0. The third-order valence-electron chi connectivity index (χ3n) is 5.28. The van der Waals surface area contributed by atoms with Gasteiger partial charge >= 0.3 is 0 Å². The molecule has 192 valence electrons. The number of carbonyl (C=O) groups is 2. The fraction of sp³-hybridized carbons (Fsp3) is 0.192. The molecule has 0 bridgehead atoms. The van der Waals surface area contributed by atoms with Crippen LogP contribution in [0.1, 0.15) is 21.6 Å². The van der Waals surface area contributed by atoms with Gasteiger partial charge in [0, 0.05) is 32.6 Å². The van der Waals surface area contributed by atoms with Gasteiger partial charge in [-0.25, -0.2) is 13.2 Å². The quantitative estimate of drug-likeness (QED) is 0.175. The standard InChI is InChI=1S/C26H24F3N5O3/c1-30-32-25(37-15-24(28)29)18-8-10-19(31-13-18)14-33(2)26(36)21-12-17(9-11-23(21)34(3)16-35)20-6-4-5-7-22(20)27/h4-13,16,24H,1,14-15H2,2-3H3/b32-25-. The molecule has 0 unspecified atom stereocenters. The van der Waals surface area contributed by atoms with E-state index in [1.54, 1.807) is 49.5 Å². The molecule has 0 aliphatic carbocycles. The molecule has 8 nitrogen and oxygen atoms in total. The van der Waals surface area contributed by atoms with Gasteiger partial charge in [0.1, 0.15) is 5.82 Å². The molecular formula is C26H24F3N5O3. The predicted octanol–water partition coefficient (Wildman–Crippen LogP) is 4.40. The number of pyridine rings is 1. The molecule has 2 amide bonds. The summed E-state index contributed by atoms with van der Waals surface area (Å²) in [4.78, 5) is 31.7. The van der Waals surface area contributed by atoms with Crippen molar-refractivity contribution in [3.05, 3.63) is 83.4 Å². The van der Waals surface area contributed by atoms with Crippen LogP contribution < -0.4 is 4.90 Å². The van der Waals surface area contributed by atoms with Crippen LogP contribution >= 0.6 is 0 Å². The fourth-order valence-electron chi connectivity index (χ4n) is 3.48. The Morgan fingerprint density at radius 1 is 1.16 bits per heavy atom. The maximum atomic E-state index is 14.4. The molecule has 0 spiro atoms. The summed E-state index contributed by atoms with van der Waals surface area (Å²) in [5.41, 5.74) is 2.13. The molecule has 2 aromatic carbocycles. The summed E-state index contributed by atoms with van der Waals surface area (Å²) in [6.07, 6.45) is -0.766. The number of hydrogen-bond donors (Lipinski definition) is 0. The van der Waals surface area contributed by atoms with Crippen LogP contribution in [0.2, 0.25) is 0 Å². The Balaban J connectivity index is 1.85. The molecule has 0 aliphatic rings. The van der Waals surface area contributed by atoms with Crippen LogP contribution in [-0.4, -0.2) is 61.9 Å².